The maximum Gasteiger partial charge on any atom is 0.0210 e. The minimum absolute atomic E-state index is 0. The Hall–Kier alpha value is -0.530. The molecular formula is C16H24ClN. The molecule has 1 aromatic rings. The normalized spacial score (nSPS) is 21.6. The Kier molecular flexibility index (Phi) is 4.69. The molecule has 0 aliphatic carbocycles. The third kappa shape index (κ3) is 2.73. The van der Waals surface area contributed by atoms with Crippen LogP contribution in [0, 0.1) is 0 Å². The summed E-state index contributed by atoms with van der Waals surface area (Å²) in [7, 11) is 0. The van der Waals surface area contributed by atoms with Gasteiger partial charge in [0.2, 0.25) is 0 Å². The van der Waals surface area contributed by atoms with Gasteiger partial charge in [-0.2, -0.15) is 0 Å². The number of nitrogens with zero attached hydrogens (tertiary/aromatic N) is 1. The second-order valence-electron chi connectivity index (χ2n) is 5.76. The van der Waals surface area contributed by atoms with Crippen molar-refractivity contribution in [3.63, 3.8) is 0 Å². The number of hydrogen-bond donors (Lipinski definition) is 0. The molecule has 0 radical (unpaired) electrons. The Balaban J connectivity index is 0.00000120. The van der Waals surface area contributed by atoms with Crippen molar-refractivity contribution in [3.8, 4) is 0 Å². The smallest absolute Gasteiger partial charge is 0.0210 e. The first kappa shape index (κ1) is 13.9. The number of hydrogen-bond acceptors (Lipinski definition) is 1. The molecule has 2 heterocycles. The lowest BCUT2D eigenvalue weighted by Crippen LogP contribution is -2.37. The summed E-state index contributed by atoms with van der Waals surface area (Å²) in [5.74, 6) is 0. The van der Waals surface area contributed by atoms with Crippen molar-refractivity contribution in [1.82, 2.24) is 4.90 Å². The highest BCUT2D eigenvalue weighted by atomic mass is 35.5. The summed E-state index contributed by atoms with van der Waals surface area (Å²) in [6, 6.07) is 10.9. The van der Waals surface area contributed by atoms with Crippen LogP contribution in [-0.2, 0) is 6.42 Å². The second kappa shape index (κ2) is 6.08. The van der Waals surface area contributed by atoms with E-state index in [1.165, 1.54) is 63.6 Å². The molecule has 0 atom stereocenters. The molecule has 0 N–H and O–H groups in total. The highest BCUT2D eigenvalue weighted by molar-refractivity contribution is 5.85. The number of aryl methyl sites for hydroxylation is 1. The lowest BCUT2D eigenvalue weighted by molar-refractivity contribution is 0.179. The highest BCUT2D eigenvalue weighted by Crippen LogP contribution is 2.42. The van der Waals surface area contributed by atoms with Crippen LogP contribution in [0.15, 0.2) is 30.3 Å². The van der Waals surface area contributed by atoms with E-state index in [1.54, 1.807) is 0 Å². The molecule has 2 saturated heterocycles. The van der Waals surface area contributed by atoms with Gasteiger partial charge in [0.15, 0.2) is 0 Å². The van der Waals surface area contributed by atoms with Gasteiger partial charge in [-0.25, -0.2) is 0 Å². The lowest BCUT2D eigenvalue weighted by atomic mass is 9.87. The molecule has 0 bridgehead atoms. The van der Waals surface area contributed by atoms with Gasteiger partial charge >= 0.3 is 0 Å². The summed E-state index contributed by atoms with van der Waals surface area (Å²) in [4.78, 5) is 2.78. The monoisotopic (exact) mass is 265 g/mol. The quantitative estimate of drug-likeness (QED) is 0.794. The van der Waals surface area contributed by atoms with Crippen LogP contribution in [0.5, 0.6) is 0 Å². The van der Waals surface area contributed by atoms with Crippen molar-refractivity contribution in [2.75, 3.05) is 13.1 Å². The van der Waals surface area contributed by atoms with Crippen molar-refractivity contribution in [2.24, 2.45) is 0 Å². The van der Waals surface area contributed by atoms with E-state index in [2.05, 4.69) is 35.2 Å². The van der Waals surface area contributed by atoms with Crippen LogP contribution in [0.1, 0.15) is 44.1 Å². The molecule has 18 heavy (non-hydrogen) atoms. The molecular weight excluding hydrogens is 242 g/mol. The van der Waals surface area contributed by atoms with Crippen LogP contribution in [0.25, 0.3) is 0 Å². The van der Waals surface area contributed by atoms with Crippen LogP contribution in [0.2, 0.25) is 0 Å². The second-order valence-corrected chi connectivity index (χ2v) is 5.76. The maximum atomic E-state index is 2.78. The zero-order valence-corrected chi connectivity index (χ0v) is 11.9. The first-order chi connectivity index (χ1) is 8.39. The predicted octanol–water partition coefficient (Wildman–Crippen LogP) is 4.06. The molecule has 0 spiro atoms. The van der Waals surface area contributed by atoms with Gasteiger partial charge in [0.25, 0.3) is 0 Å². The number of fused-ring (bicyclic) bond motifs is 1. The third-order valence-corrected chi connectivity index (χ3v) is 4.76. The summed E-state index contributed by atoms with van der Waals surface area (Å²) < 4.78 is 0. The van der Waals surface area contributed by atoms with E-state index in [1.807, 2.05) is 0 Å². The summed E-state index contributed by atoms with van der Waals surface area (Å²) in [5, 5.41) is 0. The van der Waals surface area contributed by atoms with E-state index in [9.17, 15) is 0 Å². The van der Waals surface area contributed by atoms with Gasteiger partial charge in [0.05, 0.1) is 0 Å². The first-order valence-corrected chi connectivity index (χ1v) is 7.18. The van der Waals surface area contributed by atoms with Crippen molar-refractivity contribution >= 4 is 12.4 Å². The standard InChI is InChI=1S/C16H23N.ClH/c1-2-7-15(8-3-1)9-4-10-16-11-5-13-17(16)14-6-12-16;/h1-3,7-8H,4-6,9-14H2;1H. The topological polar surface area (TPSA) is 3.24 Å². The van der Waals surface area contributed by atoms with Gasteiger partial charge < -0.3 is 0 Å². The highest BCUT2D eigenvalue weighted by Gasteiger charge is 2.43. The molecule has 2 fully saturated rings. The Labute approximate surface area is 117 Å². The molecule has 100 valence electrons. The van der Waals surface area contributed by atoms with Gasteiger partial charge in [-0.15, -0.1) is 12.4 Å². The Morgan fingerprint density at radius 2 is 1.67 bits per heavy atom. The molecule has 0 unspecified atom stereocenters. The van der Waals surface area contributed by atoms with E-state index < -0.39 is 0 Å². The van der Waals surface area contributed by atoms with Crippen LogP contribution in [0.3, 0.4) is 0 Å². The van der Waals surface area contributed by atoms with E-state index >= 15 is 0 Å². The fraction of sp³-hybridized carbons (Fsp3) is 0.625. The Morgan fingerprint density at radius 3 is 2.33 bits per heavy atom. The predicted molar refractivity (Wildman–Crippen MR) is 79.4 cm³/mol. The molecule has 2 aliphatic rings. The van der Waals surface area contributed by atoms with E-state index in [0.717, 1.165) is 0 Å². The number of rotatable bonds is 4. The molecule has 1 nitrogen and oxygen atoms in total. The van der Waals surface area contributed by atoms with Gasteiger partial charge in [0.1, 0.15) is 0 Å². The molecule has 0 amide bonds. The molecule has 2 heteroatoms. The minimum atomic E-state index is 0. The summed E-state index contributed by atoms with van der Waals surface area (Å²) >= 11 is 0. The summed E-state index contributed by atoms with van der Waals surface area (Å²) in [6.45, 7) is 2.73. The first-order valence-electron chi connectivity index (χ1n) is 7.18. The van der Waals surface area contributed by atoms with Gasteiger partial charge in [-0.1, -0.05) is 30.3 Å². The minimum Gasteiger partial charge on any atom is -0.298 e. The van der Waals surface area contributed by atoms with Crippen LogP contribution < -0.4 is 0 Å². The Bertz CT molecular complexity index is 353. The van der Waals surface area contributed by atoms with Gasteiger partial charge in [0, 0.05) is 5.54 Å². The van der Waals surface area contributed by atoms with Gasteiger partial charge in [-0.3, -0.25) is 4.90 Å². The molecule has 0 aromatic heterocycles. The third-order valence-electron chi connectivity index (χ3n) is 4.76. The maximum absolute atomic E-state index is 2.78. The average molecular weight is 266 g/mol. The van der Waals surface area contributed by atoms with Crippen LogP contribution in [0.4, 0.5) is 0 Å². The fourth-order valence-electron chi connectivity index (χ4n) is 3.90. The number of benzene rings is 1. The zero-order valence-electron chi connectivity index (χ0n) is 11.1. The average Bonchev–Trinajstić information content (AvgIpc) is 2.89. The summed E-state index contributed by atoms with van der Waals surface area (Å²) in [5.41, 5.74) is 2.13. The largest absolute Gasteiger partial charge is 0.298 e. The van der Waals surface area contributed by atoms with Crippen molar-refractivity contribution in [2.45, 2.75) is 50.5 Å². The van der Waals surface area contributed by atoms with E-state index in [4.69, 9.17) is 0 Å². The SMILES string of the molecule is Cl.c1ccc(CCCC23CCCN2CCC3)cc1. The van der Waals surface area contributed by atoms with Crippen molar-refractivity contribution in [1.29, 1.82) is 0 Å². The Morgan fingerprint density at radius 1 is 1.00 bits per heavy atom. The molecule has 1 aromatic carbocycles. The number of halogens is 1. The molecule has 3 rings (SSSR count). The van der Waals surface area contributed by atoms with Crippen molar-refractivity contribution in [3.05, 3.63) is 35.9 Å². The van der Waals surface area contributed by atoms with Crippen LogP contribution >= 0.6 is 12.4 Å². The fourth-order valence-corrected chi connectivity index (χ4v) is 3.90. The van der Waals surface area contributed by atoms with E-state index in [-0.39, 0.29) is 12.4 Å². The lowest BCUT2D eigenvalue weighted by Gasteiger charge is -2.32. The molecule has 0 saturated carbocycles. The summed E-state index contributed by atoms with van der Waals surface area (Å²) in [6.07, 6.45) is 9.83. The van der Waals surface area contributed by atoms with E-state index in [0.29, 0.717) is 5.54 Å². The molecule has 2 aliphatic heterocycles. The van der Waals surface area contributed by atoms with Gasteiger partial charge in [-0.05, 0) is 63.6 Å². The zero-order chi connectivity index (χ0) is 11.6. The van der Waals surface area contributed by atoms with Crippen LogP contribution in [-0.4, -0.2) is 23.5 Å². The van der Waals surface area contributed by atoms with Crippen molar-refractivity contribution < 1.29 is 0 Å².